The van der Waals surface area contributed by atoms with Crippen molar-refractivity contribution in [2.45, 2.75) is 116 Å². The lowest BCUT2D eigenvalue weighted by Gasteiger charge is -2.14. The van der Waals surface area contributed by atoms with E-state index in [0.29, 0.717) is 6.42 Å². The molecule has 0 aliphatic carbocycles. The molecule has 0 rings (SSSR count). The fourth-order valence-electron chi connectivity index (χ4n) is 2.71. The smallest absolute Gasteiger partial charge is 0.159 e. The van der Waals surface area contributed by atoms with E-state index in [-0.39, 0.29) is 0 Å². The number of rotatable bonds is 16. The summed E-state index contributed by atoms with van der Waals surface area (Å²) in [6.45, 7) is 3.73. The van der Waals surface area contributed by atoms with Gasteiger partial charge in [0.15, 0.2) is 5.79 Å². The largest absolute Gasteiger partial charge is 0.366 e. The first-order chi connectivity index (χ1) is 10.6. The molecule has 0 heterocycles. The Balaban J connectivity index is 3.11. The van der Waals surface area contributed by atoms with Gasteiger partial charge < -0.3 is 10.2 Å². The first-order valence-electron chi connectivity index (χ1n) is 9.66. The van der Waals surface area contributed by atoms with Crippen molar-refractivity contribution in [2.75, 3.05) is 0 Å². The molecule has 132 valence electrons. The lowest BCUT2D eigenvalue weighted by Crippen LogP contribution is -2.22. The molecule has 0 spiro atoms. The minimum Gasteiger partial charge on any atom is -0.366 e. The van der Waals surface area contributed by atoms with Crippen LogP contribution < -0.4 is 0 Å². The van der Waals surface area contributed by atoms with Gasteiger partial charge in [-0.25, -0.2) is 0 Å². The van der Waals surface area contributed by atoms with Crippen molar-refractivity contribution in [3.8, 4) is 0 Å². The molecule has 2 nitrogen and oxygen atoms in total. The molecule has 0 atom stereocenters. The van der Waals surface area contributed by atoms with Crippen molar-refractivity contribution < 1.29 is 10.2 Å². The molecule has 0 aromatic carbocycles. The first-order valence-corrected chi connectivity index (χ1v) is 9.66. The van der Waals surface area contributed by atoms with Crippen LogP contribution in [0.25, 0.3) is 0 Å². The molecule has 0 radical (unpaired) electrons. The standard InChI is InChI=1S/C20H40O2/c1-3-4-5-6-7-8-9-10-11-12-13-14-15-16-17-18-19-20(2,21)22/h10-11,21-22H,3-9,12-19H2,1-2H3/b11-10-. The molecule has 0 fully saturated rings. The zero-order valence-corrected chi connectivity index (χ0v) is 15.2. The highest BCUT2D eigenvalue weighted by molar-refractivity contribution is 4.81. The van der Waals surface area contributed by atoms with Crippen molar-refractivity contribution in [3.63, 3.8) is 0 Å². The Morgan fingerprint density at radius 3 is 1.50 bits per heavy atom. The number of hydrogen-bond donors (Lipinski definition) is 2. The molecule has 0 aromatic rings. The summed E-state index contributed by atoms with van der Waals surface area (Å²) in [5, 5.41) is 18.4. The molecule has 0 unspecified atom stereocenters. The highest BCUT2D eigenvalue weighted by atomic mass is 16.5. The Bertz CT molecular complexity index is 241. The van der Waals surface area contributed by atoms with E-state index in [1.54, 1.807) is 0 Å². The van der Waals surface area contributed by atoms with Crippen LogP contribution >= 0.6 is 0 Å². The van der Waals surface area contributed by atoms with Crippen LogP contribution in [0, 0.1) is 0 Å². The fourth-order valence-corrected chi connectivity index (χ4v) is 2.71. The molecule has 2 N–H and O–H groups in total. The third-order valence-electron chi connectivity index (χ3n) is 4.16. The van der Waals surface area contributed by atoms with Gasteiger partial charge in [0, 0.05) is 6.42 Å². The maximum absolute atomic E-state index is 9.18. The second-order valence-electron chi connectivity index (χ2n) is 6.90. The van der Waals surface area contributed by atoms with Gasteiger partial charge in [-0.15, -0.1) is 0 Å². The predicted molar refractivity (Wildman–Crippen MR) is 96.9 cm³/mol. The Labute approximate surface area is 139 Å². The van der Waals surface area contributed by atoms with Crippen molar-refractivity contribution in [2.24, 2.45) is 0 Å². The van der Waals surface area contributed by atoms with Crippen LogP contribution in [0.5, 0.6) is 0 Å². The van der Waals surface area contributed by atoms with Crippen LogP contribution in [-0.4, -0.2) is 16.0 Å². The molecule has 0 amide bonds. The molecule has 2 heteroatoms. The highest BCUT2D eigenvalue weighted by Crippen LogP contribution is 2.14. The Morgan fingerprint density at radius 2 is 1.05 bits per heavy atom. The quantitative estimate of drug-likeness (QED) is 0.205. The molecular formula is C20H40O2. The molecular weight excluding hydrogens is 272 g/mol. The number of aliphatic hydroxyl groups is 2. The fraction of sp³-hybridized carbons (Fsp3) is 0.900. The first kappa shape index (κ1) is 21.7. The maximum atomic E-state index is 9.18. The third kappa shape index (κ3) is 19.7. The van der Waals surface area contributed by atoms with Gasteiger partial charge in [-0.1, -0.05) is 76.9 Å². The summed E-state index contributed by atoms with van der Waals surface area (Å²) in [4.78, 5) is 0. The van der Waals surface area contributed by atoms with E-state index in [4.69, 9.17) is 0 Å². The van der Waals surface area contributed by atoms with E-state index in [1.807, 2.05) is 0 Å². The lowest BCUT2D eigenvalue weighted by molar-refractivity contribution is -0.150. The van der Waals surface area contributed by atoms with E-state index < -0.39 is 5.79 Å². The highest BCUT2D eigenvalue weighted by Gasteiger charge is 2.12. The number of hydrogen-bond acceptors (Lipinski definition) is 2. The minimum absolute atomic E-state index is 0.494. The van der Waals surface area contributed by atoms with E-state index in [9.17, 15) is 10.2 Å². The number of allylic oxidation sites excluding steroid dienone is 2. The average Bonchev–Trinajstić information content (AvgIpc) is 2.45. The lowest BCUT2D eigenvalue weighted by atomic mass is 10.1. The van der Waals surface area contributed by atoms with Gasteiger partial charge >= 0.3 is 0 Å². The average molecular weight is 313 g/mol. The van der Waals surface area contributed by atoms with E-state index >= 15 is 0 Å². The Morgan fingerprint density at radius 1 is 0.636 bits per heavy atom. The SMILES string of the molecule is CCCCCCCC/C=C\CCCCCCCCC(C)(O)O. The van der Waals surface area contributed by atoms with Gasteiger partial charge in [0.2, 0.25) is 0 Å². The van der Waals surface area contributed by atoms with Gasteiger partial charge in [-0.2, -0.15) is 0 Å². The van der Waals surface area contributed by atoms with Crippen LogP contribution in [-0.2, 0) is 0 Å². The molecule has 0 saturated carbocycles. The Hall–Kier alpha value is -0.340. The minimum atomic E-state index is -1.47. The second kappa shape index (κ2) is 15.6. The van der Waals surface area contributed by atoms with Gasteiger partial charge in [0.1, 0.15) is 0 Å². The monoisotopic (exact) mass is 312 g/mol. The van der Waals surface area contributed by atoms with Crippen molar-refractivity contribution in [1.82, 2.24) is 0 Å². The summed E-state index contributed by atoms with van der Waals surface area (Å²) in [5.41, 5.74) is 0. The molecule has 0 aromatic heterocycles. The van der Waals surface area contributed by atoms with Crippen molar-refractivity contribution in [3.05, 3.63) is 12.2 Å². The van der Waals surface area contributed by atoms with Gasteiger partial charge in [0.25, 0.3) is 0 Å². The topological polar surface area (TPSA) is 40.5 Å². The number of unbranched alkanes of at least 4 members (excludes halogenated alkanes) is 12. The molecule has 22 heavy (non-hydrogen) atoms. The zero-order chi connectivity index (χ0) is 16.5. The predicted octanol–water partition coefficient (Wildman–Crippen LogP) is 6.11. The van der Waals surface area contributed by atoms with Crippen molar-refractivity contribution in [1.29, 1.82) is 0 Å². The second-order valence-corrected chi connectivity index (χ2v) is 6.90. The normalized spacial score (nSPS) is 12.4. The van der Waals surface area contributed by atoms with E-state index in [1.165, 1.54) is 84.0 Å². The van der Waals surface area contributed by atoms with Crippen LogP contribution in [0.4, 0.5) is 0 Å². The molecule has 0 saturated heterocycles. The summed E-state index contributed by atoms with van der Waals surface area (Å²) in [6, 6.07) is 0. The summed E-state index contributed by atoms with van der Waals surface area (Å²) >= 11 is 0. The summed E-state index contributed by atoms with van der Waals surface area (Å²) in [7, 11) is 0. The van der Waals surface area contributed by atoms with Crippen molar-refractivity contribution >= 4 is 0 Å². The van der Waals surface area contributed by atoms with Gasteiger partial charge in [0.05, 0.1) is 0 Å². The molecule has 0 aliphatic rings. The summed E-state index contributed by atoms with van der Waals surface area (Å²) in [6.07, 6.45) is 23.1. The van der Waals surface area contributed by atoms with E-state index in [0.717, 1.165) is 12.8 Å². The van der Waals surface area contributed by atoms with Crippen LogP contribution in [0.2, 0.25) is 0 Å². The van der Waals surface area contributed by atoms with Crippen LogP contribution in [0.1, 0.15) is 110 Å². The van der Waals surface area contributed by atoms with E-state index in [2.05, 4.69) is 19.1 Å². The molecule has 0 aliphatic heterocycles. The molecule has 0 bridgehead atoms. The maximum Gasteiger partial charge on any atom is 0.159 e. The third-order valence-corrected chi connectivity index (χ3v) is 4.16. The Kier molecular flexibility index (Phi) is 15.3. The van der Waals surface area contributed by atoms with Gasteiger partial charge in [-0.05, 0) is 39.0 Å². The summed E-state index contributed by atoms with van der Waals surface area (Å²) in [5.74, 6) is -1.47. The van der Waals surface area contributed by atoms with Gasteiger partial charge in [-0.3, -0.25) is 0 Å². The van der Waals surface area contributed by atoms with Crippen LogP contribution in [0.15, 0.2) is 12.2 Å². The summed E-state index contributed by atoms with van der Waals surface area (Å²) < 4.78 is 0. The zero-order valence-electron chi connectivity index (χ0n) is 15.2. The van der Waals surface area contributed by atoms with Crippen LogP contribution in [0.3, 0.4) is 0 Å².